The highest BCUT2D eigenvalue weighted by Gasteiger charge is 2.32. The quantitative estimate of drug-likeness (QED) is 0.900. The molecule has 1 aliphatic heterocycles. The Bertz CT molecular complexity index is 789. The molecule has 2 aromatic rings. The van der Waals surface area contributed by atoms with Crippen molar-refractivity contribution in [2.75, 3.05) is 20.2 Å². The Hall–Kier alpha value is -2.82. The zero-order valence-electron chi connectivity index (χ0n) is 15.2. The summed E-state index contributed by atoms with van der Waals surface area (Å²) in [6, 6.07) is 16.0. The van der Waals surface area contributed by atoms with Gasteiger partial charge in [0.15, 0.2) is 0 Å². The summed E-state index contributed by atoms with van der Waals surface area (Å²) in [5.74, 6) is 0.712. The van der Waals surface area contributed by atoms with Crippen LogP contribution in [0.5, 0.6) is 5.75 Å². The summed E-state index contributed by atoms with van der Waals surface area (Å²) >= 11 is 0. The average Bonchev–Trinajstić information content (AvgIpc) is 2.66. The maximum atomic E-state index is 12.9. The maximum absolute atomic E-state index is 12.9. The fourth-order valence-corrected chi connectivity index (χ4v) is 3.47. The Morgan fingerprint density at radius 3 is 2.65 bits per heavy atom. The van der Waals surface area contributed by atoms with Crippen LogP contribution in [0.25, 0.3) is 0 Å². The van der Waals surface area contributed by atoms with E-state index in [-0.39, 0.29) is 17.9 Å². The topological polar surface area (TPSA) is 58.6 Å². The van der Waals surface area contributed by atoms with Crippen LogP contribution in [0, 0.1) is 0 Å². The zero-order valence-corrected chi connectivity index (χ0v) is 15.2. The molecule has 1 N–H and O–H groups in total. The van der Waals surface area contributed by atoms with Crippen molar-refractivity contribution in [2.45, 2.75) is 25.8 Å². The SMILES string of the molecule is COc1ccc2c(c1)C(c1ccccc1)N(C(=O)CCNC(C)=O)CC2. The molecular weight excluding hydrogens is 328 g/mol. The van der Waals surface area contributed by atoms with E-state index in [4.69, 9.17) is 4.74 Å². The number of carbonyl (C=O) groups excluding carboxylic acids is 2. The summed E-state index contributed by atoms with van der Waals surface area (Å²) in [6.07, 6.45) is 1.11. The molecule has 0 radical (unpaired) electrons. The molecule has 5 nitrogen and oxygen atoms in total. The summed E-state index contributed by atoms with van der Waals surface area (Å²) in [5, 5.41) is 2.70. The van der Waals surface area contributed by atoms with Gasteiger partial charge in [-0.05, 0) is 35.2 Å². The van der Waals surface area contributed by atoms with Gasteiger partial charge in [-0.3, -0.25) is 9.59 Å². The van der Waals surface area contributed by atoms with Crippen molar-refractivity contribution in [2.24, 2.45) is 0 Å². The summed E-state index contributed by atoms with van der Waals surface area (Å²) in [7, 11) is 1.65. The molecule has 0 aliphatic carbocycles. The van der Waals surface area contributed by atoms with Gasteiger partial charge in [-0.15, -0.1) is 0 Å². The second-order valence-electron chi connectivity index (χ2n) is 6.45. The van der Waals surface area contributed by atoms with Gasteiger partial charge in [-0.1, -0.05) is 36.4 Å². The standard InChI is InChI=1S/C21H24N2O3/c1-15(24)22-12-10-20(25)23-13-11-16-8-9-18(26-2)14-19(16)21(23)17-6-4-3-5-7-17/h3-9,14,21H,10-13H2,1-2H3,(H,22,24). The largest absolute Gasteiger partial charge is 0.497 e. The highest BCUT2D eigenvalue weighted by molar-refractivity contribution is 5.79. The lowest BCUT2D eigenvalue weighted by Crippen LogP contribution is -2.41. The minimum Gasteiger partial charge on any atom is -0.497 e. The maximum Gasteiger partial charge on any atom is 0.225 e. The van der Waals surface area contributed by atoms with Gasteiger partial charge in [-0.25, -0.2) is 0 Å². The Balaban J connectivity index is 1.93. The molecule has 0 saturated carbocycles. The molecule has 2 aromatic carbocycles. The molecule has 0 fully saturated rings. The molecule has 0 aromatic heterocycles. The first kappa shape index (κ1) is 18.0. The van der Waals surface area contributed by atoms with E-state index in [1.165, 1.54) is 12.5 Å². The minimum atomic E-state index is -0.139. The fourth-order valence-electron chi connectivity index (χ4n) is 3.47. The molecule has 0 bridgehead atoms. The third-order valence-corrected chi connectivity index (χ3v) is 4.73. The van der Waals surface area contributed by atoms with Crippen LogP contribution in [0.15, 0.2) is 48.5 Å². The highest BCUT2D eigenvalue weighted by atomic mass is 16.5. The fraction of sp³-hybridized carbons (Fsp3) is 0.333. The van der Waals surface area contributed by atoms with Gasteiger partial charge in [0.1, 0.15) is 5.75 Å². The van der Waals surface area contributed by atoms with Crippen LogP contribution in [0.3, 0.4) is 0 Å². The highest BCUT2D eigenvalue weighted by Crippen LogP contribution is 2.37. The molecule has 3 rings (SSSR count). The van der Waals surface area contributed by atoms with E-state index in [1.54, 1.807) is 7.11 Å². The van der Waals surface area contributed by atoms with Crippen molar-refractivity contribution >= 4 is 11.8 Å². The van der Waals surface area contributed by atoms with Crippen molar-refractivity contribution in [1.29, 1.82) is 0 Å². The third kappa shape index (κ3) is 3.87. The first-order valence-electron chi connectivity index (χ1n) is 8.86. The van der Waals surface area contributed by atoms with E-state index in [0.29, 0.717) is 19.5 Å². The summed E-state index contributed by atoms with van der Waals surface area (Å²) in [4.78, 5) is 25.9. The lowest BCUT2D eigenvalue weighted by atomic mass is 9.87. The predicted molar refractivity (Wildman–Crippen MR) is 100.0 cm³/mol. The Kier molecular flexibility index (Phi) is 5.56. The van der Waals surface area contributed by atoms with E-state index >= 15 is 0 Å². The van der Waals surface area contributed by atoms with Gasteiger partial charge in [0.05, 0.1) is 13.2 Å². The summed E-state index contributed by atoms with van der Waals surface area (Å²) in [5.41, 5.74) is 3.43. The van der Waals surface area contributed by atoms with Gasteiger partial charge in [0.25, 0.3) is 0 Å². The molecular formula is C21H24N2O3. The summed E-state index contributed by atoms with van der Waals surface area (Å²) < 4.78 is 5.40. The van der Waals surface area contributed by atoms with Crippen molar-refractivity contribution in [3.63, 3.8) is 0 Å². The Morgan fingerprint density at radius 1 is 1.19 bits per heavy atom. The van der Waals surface area contributed by atoms with Crippen LogP contribution < -0.4 is 10.1 Å². The molecule has 1 atom stereocenters. The average molecular weight is 352 g/mol. The number of carbonyl (C=O) groups is 2. The lowest BCUT2D eigenvalue weighted by Gasteiger charge is -2.38. The number of ether oxygens (including phenoxy) is 1. The normalized spacial score (nSPS) is 15.9. The van der Waals surface area contributed by atoms with Crippen molar-refractivity contribution < 1.29 is 14.3 Å². The molecule has 0 spiro atoms. The molecule has 1 aliphatic rings. The van der Waals surface area contributed by atoms with Gasteiger partial charge in [0, 0.05) is 26.4 Å². The number of rotatable bonds is 5. The Morgan fingerprint density at radius 2 is 1.96 bits per heavy atom. The molecule has 5 heteroatoms. The third-order valence-electron chi connectivity index (χ3n) is 4.73. The number of amides is 2. The molecule has 136 valence electrons. The summed E-state index contributed by atoms with van der Waals surface area (Å²) in [6.45, 7) is 2.48. The first-order chi connectivity index (χ1) is 12.6. The van der Waals surface area contributed by atoms with Gasteiger partial charge in [0.2, 0.25) is 11.8 Å². The van der Waals surface area contributed by atoms with Crippen LogP contribution in [0.2, 0.25) is 0 Å². The van der Waals surface area contributed by atoms with Crippen molar-refractivity contribution in [1.82, 2.24) is 10.2 Å². The molecule has 1 unspecified atom stereocenters. The van der Waals surface area contributed by atoms with Crippen LogP contribution in [0.1, 0.15) is 36.1 Å². The minimum absolute atomic E-state index is 0.0427. The van der Waals surface area contributed by atoms with Crippen LogP contribution >= 0.6 is 0 Å². The lowest BCUT2D eigenvalue weighted by molar-refractivity contribution is -0.133. The van der Waals surface area contributed by atoms with E-state index in [9.17, 15) is 9.59 Å². The van der Waals surface area contributed by atoms with Gasteiger partial charge >= 0.3 is 0 Å². The number of hydrogen-bond donors (Lipinski definition) is 1. The predicted octanol–water partition coefficient (Wildman–Crippen LogP) is 2.70. The van der Waals surface area contributed by atoms with Crippen LogP contribution in [-0.2, 0) is 16.0 Å². The number of benzene rings is 2. The van der Waals surface area contributed by atoms with E-state index in [1.807, 2.05) is 47.4 Å². The molecule has 26 heavy (non-hydrogen) atoms. The molecule has 2 amide bonds. The number of nitrogens with one attached hydrogen (secondary N) is 1. The van der Waals surface area contributed by atoms with E-state index < -0.39 is 0 Å². The monoisotopic (exact) mass is 352 g/mol. The first-order valence-corrected chi connectivity index (χ1v) is 8.86. The van der Waals surface area contributed by atoms with Gasteiger partial charge < -0.3 is 15.0 Å². The Labute approximate surface area is 154 Å². The van der Waals surface area contributed by atoms with E-state index in [0.717, 1.165) is 23.3 Å². The van der Waals surface area contributed by atoms with Gasteiger partial charge in [-0.2, -0.15) is 0 Å². The van der Waals surface area contributed by atoms with Crippen LogP contribution in [-0.4, -0.2) is 36.9 Å². The van der Waals surface area contributed by atoms with E-state index in [2.05, 4.69) is 11.4 Å². The number of nitrogens with zero attached hydrogens (tertiary/aromatic N) is 1. The zero-order chi connectivity index (χ0) is 18.5. The second kappa shape index (κ2) is 8.04. The van der Waals surface area contributed by atoms with Crippen molar-refractivity contribution in [3.05, 3.63) is 65.2 Å². The van der Waals surface area contributed by atoms with Crippen LogP contribution in [0.4, 0.5) is 0 Å². The second-order valence-corrected chi connectivity index (χ2v) is 6.45. The number of hydrogen-bond acceptors (Lipinski definition) is 3. The smallest absolute Gasteiger partial charge is 0.225 e. The number of methoxy groups -OCH3 is 1. The molecule has 1 heterocycles. The van der Waals surface area contributed by atoms with Crippen molar-refractivity contribution in [3.8, 4) is 5.75 Å². The number of fused-ring (bicyclic) bond motifs is 1. The molecule has 0 saturated heterocycles.